The third-order valence-electron chi connectivity index (χ3n) is 5.02. The van der Waals surface area contributed by atoms with E-state index in [4.69, 9.17) is 10.2 Å². The van der Waals surface area contributed by atoms with Crippen molar-refractivity contribution in [2.75, 3.05) is 31.1 Å². The van der Waals surface area contributed by atoms with E-state index in [0.717, 1.165) is 42.8 Å². The van der Waals surface area contributed by atoms with Crippen LogP contribution in [0.25, 0.3) is 11.0 Å². The molecule has 1 amide bonds. The molecule has 4 rings (SSSR count). The maximum Gasteiger partial charge on any atom is 0.573 e. The Morgan fingerprint density at radius 2 is 1.83 bits per heavy atom. The monoisotopic (exact) mass is 419 g/mol. The van der Waals surface area contributed by atoms with Crippen molar-refractivity contribution in [1.82, 2.24) is 4.90 Å². The van der Waals surface area contributed by atoms with E-state index in [1.54, 1.807) is 18.2 Å². The molecule has 9 heteroatoms. The molecule has 1 fully saturated rings. The topological polar surface area (TPSA) is 71.9 Å². The molecule has 158 valence electrons. The average molecular weight is 419 g/mol. The Hall–Kier alpha value is -3.20. The summed E-state index contributed by atoms with van der Waals surface area (Å²) in [5.74, 6) is -0.683. The standard InChI is InChI=1S/C21H20F3N3O3/c22-21(23,24)30-17-3-1-2-14(10-17)13-26-6-8-27(9-7-26)16-4-5-18-15(11-16)12-19(29-18)20(25)28/h1-5,10-12H,6-9,13H2,(H2,25,28). The Labute approximate surface area is 170 Å². The summed E-state index contributed by atoms with van der Waals surface area (Å²) in [5.41, 5.74) is 7.65. The summed E-state index contributed by atoms with van der Waals surface area (Å²) in [6, 6.07) is 13.4. The van der Waals surface area contributed by atoms with E-state index in [1.165, 1.54) is 12.1 Å². The minimum Gasteiger partial charge on any atom is -0.451 e. The fourth-order valence-electron chi connectivity index (χ4n) is 3.61. The Kier molecular flexibility index (Phi) is 5.29. The van der Waals surface area contributed by atoms with Gasteiger partial charge in [-0.25, -0.2) is 0 Å². The summed E-state index contributed by atoms with van der Waals surface area (Å²) in [6.07, 6.45) is -4.70. The van der Waals surface area contributed by atoms with Crippen LogP contribution in [0.15, 0.2) is 52.9 Å². The Morgan fingerprint density at radius 3 is 2.53 bits per heavy atom. The lowest BCUT2D eigenvalue weighted by atomic mass is 10.1. The highest BCUT2D eigenvalue weighted by Gasteiger charge is 2.31. The van der Waals surface area contributed by atoms with Gasteiger partial charge in [0.25, 0.3) is 5.91 Å². The zero-order valence-electron chi connectivity index (χ0n) is 16.0. The van der Waals surface area contributed by atoms with Crippen LogP contribution in [-0.4, -0.2) is 43.3 Å². The highest BCUT2D eigenvalue weighted by Crippen LogP contribution is 2.27. The second kappa shape index (κ2) is 7.91. The molecule has 1 aromatic heterocycles. The van der Waals surface area contributed by atoms with E-state index in [2.05, 4.69) is 14.5 Å². The van der Waals surface area contributed by atoms with Gasteiger partial charge in [0.1, 0.15) is 11.3 Å². The van der Waals surface area contributed by atoms with Crippen LogP contribution in [0.5, 0.6) is 5.75 Å². The maximum absolute atomic E-state index is 12.4. The molecule has 0 atom stereocenters. The van der Waals surface area contributed by atoms with E-state index in [1.807, 2.05) is 18.2 Å². The van der Waals surface area contributed by atoms with Crippen molar-refractivity contribution >= 4 is 22.6 Å². The minimum atomic E-state index is -4.70. The molecule has 0 radical (unpaired) electrons. The van der Waals surface area contributed by atoms with Crippen LogP contribution in [0, 0.1) is 0 Å². The first-order valence-electron chi connectivity index (χ1n) is 9.42. The number of piperazine rings is 1. The first-order valence-corrected chi connectivity index (χ1v) is 9.42. The first-order chi connectivity index (χ1) is 14.3. The molecule has 0 bridgehead atoms. The number of benzene rings is 2. The quantitative estimate of drug-likeness (QED) is 0.682. The zero-order valence-corrected chi connectivity index (χ0v) is 16.0. The number of hydrogen-bond donors (Lipinski definition) is 1. The number of primary amides is 1. The van der Waals surface area contributed by atoms with Crippen LogP contribution in [0.3, 0.4) is 0 Å². The number of halogens is 3. The molecule has 30 heavy (non-hydrogen) atoms. The summed E-state index contributed by atoms with van der Waals surface area (Å²) in [5, 5.41) is 0.810. The van der Waals surface area contributed by atoms with Crippen LogP contribution in [0.4, 0.5) is 18.9 Å². The lowest BCUT2D eigenvalue weighted by Gasteiger charge is -2.36. The molecule has 0 unspecified atom stereocenters. The van der Waals surface area contributed by atoms with Crippen LogP contribution in [-0.2, 0) is 6.54 Å². The molecule has 3 aromatic rings. The van der Waals surface area contributed by atoms with Crippen LogP contribution in [0.2, 0.25) is 0 Å². The van der Waals surface area contributed by atoms with Gasteiger partial charge in [0.2, 0.25) is 0 Å². The van der Waals surface area contributed by atoms with E-state index in [9.17, 15) is 18.0 Å². The molecule has 0 saturated carbocycles. The lowest BCUT2D eigenvalue weighted by Crippen LogP contribution is -2.45. The van der Waals surface area contributed by atoms with E-state index >= 15 is 0 Å². The number of furan rings is 1. The number of carbonyl (C=O) groups excluding carboxylic acids is 1. The molecular formula is C21H20F3N3O3. The molecule has 0 aliphatic carbocycles. The van der Waals surface area contributed by atoms with Gasteiger partial charge in [0.15, 0.2) is 5.76 Å². The maximum atomic E-state index is 12.4. The van der Waals surface area contributed by atoms with Gasteiger partial charge in [-0.05, 0) is 42.0 Å². The van der Waals surface area contributed by atoms with E-state index in [0.29, 0.717) is 12.1 Å². The fourth-order valence-corrected chi connectivity index (χ4v) is 3.61. The Balaban J connectivity index is 1.38. The van der Waals surface area contributed by atoms with Gasteiger partial charge in [-0.2, -0.15) is 0 Å². The van der Waals surface area contributed by atoms with Crippen LogP contribution >= 0.6 is 0 Å². The summed E-state index contributed by atoms with van der Waals surface area (Å²) in [6.45, 7) is 3.61. The first kappa shape index (κ1) is 20.1. The summed E-state index contributed by atoms with van der Waals surface area (Å²) >= 11 is 0. The number of fused-ring (bicyclic) bond motifs is 1. The fraction of sp³-hybridized carbons (Fsp3) is 0.286. The van der Waals surface area contributed by atoms with Crippen molar-refractivity contribution in [2.24, 2.45) is 5.73 Å². The average Bonchev–Trinajstić information content (AvgIpc) is 3.11. The number of carbonyl (C=O) groups is 1. The predicted molar refractivity (Wildman–Crippen MR) is 105 cm³/mol. The van der Waals surface area contributed by atoms with Gasteiger partial charge in [-0.1, -0.05) is 12.1 Å². The van der Waals surface area contributed by atoms with E-state index < -0.39 is 12.3 Å². The number of nitrogens with two attached hydrogens (primary N) is 1. The molecule has 2 N–H and O–H groups in total. The highest BCUT2D eigenvalue weighted by molar-refractivity contribution is 5.95. The van der Waals surface area contributed by atoms with Gasteiger partial charge in [0, 0.05) is 43.8 Å². The SMILES string of the molecule is NC(=O)c1cc2cc(N3CCN(Cc4cccc(OC(F)(F)F)c4)CC3)ccc2o1. The number of hydrogen-bond acceptors (Lipinski definition) is 5. The van der Waals surface area contributed by atoms with E-state index in [-0.39, 0.29) is 11.5 Å². The number of nitrogens with zero attached hydrogens (tertiary/aromatic N) is 2. The zero-order chi connectivity index (χ0) is 21.3. The van der Waals surface area contributed by atoms with Gasteiger partial charge < -0.3 is 19.8 Å². The molecule has 0 spiro atoms. The normalized spacial score (nSPS) is 15.5. The van der Waals surface area contributed by atoms with Crippen molar-refractivity contribution in [3.05, 3.63) is 59.9 Å². The van der Waals surface area contributed by atoms with Gasteiger partial charge in [-0.3, -0.25) is 9.69 Å². The Morgan fingerprint density at radius 1 is 1.07 bits per heavy atom. The second-order valence-electron chi connectivity index (χ2n) is 7.16. The Bertz CT molecular complexity index is 1060. The number of alkyl halides is 3. The molecule has 2 aromatic carbocycles. The number of ether oxygens (including phenoxy) is 1. The predicted octanol–water partition coefficient (Wildman–Crippen LogP) is 3.75. The van der Waals surface area contributed by atoms with Crippen molar-refractivity contribution in [1.29, 1.82) is 0 Å². The van der Waals surface area contributed by atoms with Gasteiger partial charge in [-0.15, -0.1) is 13.2 Å². The molecular weight excluding hydrogens is 399 g/mol. The second-order valence-corrected chi connectivity index (χ2v) is 7.16. The highest BCUT2D eigenvalue weighted by atomic mass is 19.4. The van der Waals surface area contributed by atoms with Crippen molar-refractivity contribution in [3.63, 3.8) is 0 Å². The van der Waals surface area contributed by atoms with Crippen molar-refractivity contribution < 1.29 is 27.1 Å². The minimum absolute atomic E-state index is 0.128. The molecule has 6 nitrogen and oxygen atoms in total. The van der Waals surface area contributed by atoms with Crippen LogP contribution < -0.4 is 15.4 Å². The van der Waals surface area contributed by atoms with Crippen molar-refractivity contribution in [2.45, 2.75) is 12.9 Å². The summed E-state index contributed by atoms with van der Waals surface area (Å²) in [7, 11) is 0. The van der Waals surface area contributed by atoms with Crippen LogP contribution in [0.1, 0.15) is 16.1 Å². The van der Waals surface area contributed by atoms with Crippen molar-refractivity contribution in [3.8, 4) is 5.75 Å². The third kappa shape index (κ3) is 4.68. The molecule has 1 aliphatic heterocycles. The number of rotatable bonds is 5. The summed E-state index contributed by atoms with van der Waals surface area (Å²) < 4.78 is 46.6. The third-order valence-corrected chi connectivity index (χ3v) is 5.02. The largest absolute Gasteiger partial charge is 0.573 e. The number of amides is 1. The molecule has 2 heterocycles. The number of anilines is 1. The van der Waals surface area contributed by atoms with Gasteiger partial charge in [0.05, 0.1) is 0 Å². The smallest absolute Gasteiger partial charge is 0.451 e. The molecule has 1 aliphatic rings. The molecule has 1 saturated heterocycles. The van der Waals surface area contributed by atoms with Gasteiger partial charge >= 0.3 is 6.36 Å². The lowest BCUT2D eigenvalue weighted by molar-refractivity contribution is -0.274. The summed E-state index contributed by atoms with van der Waals surface area (Å²) in [4.78, 5) is 15.7.